The number of halogens is 2. The lowest BCUT2D eigenvalue weighted by molar-refractivity contribution is -0.0558. The SMILES string of the molecule is CC1CN(C(=O)c2sccc2Cl)CC(CBr)O1. The zero-order valence-electron chi connectivity index (χ0n) is 9.36. The number of hydrogen-bond acceptors (Lipinski definition) is 3. The van der Waals surface area contributed by atoms with Gasteiger partial charge in [0.05, 0.1) is 17.2 Å². The van der Waals surface area contributed by atoms with E-state index in [1.165, 1.54) is 11.3 Å². The average Bonchev–Trinajstić information content (AvgIpc) is 2.73. The monoisotopic (exact) mass is 337 g/mol. The number of carbonyl (C=O) groups excluding carboxylic acids is 1. The molecule has 2 atom stereocenters. The molecule has 0 bridgehead atoms. The zero-order chi connectivity index (χ0) is 12.4. The summed E-state index contributed by atoms with van der Waals surface area (Å²) < 4.78 is 5.69. The van der Waals surface area contributed by atoms with Crippen molar-refractivity contribution < 1.29 is 9.53 Å². The third kappa shape index (κ3) is 3.02. The van der Waals surface area contributed by atoms with E-state index >= 15 is 0 Å². The van der Waals surface area contributed by atoms with Crippen molar-refractivity contribution in [2.45, 2.75) is 19.1 Å². The Labute approximate surface area is 118 Å². The summed E-state index contributed by atoms with van der Waals surface area (Å²) in [6, 6.07) is 1.76. The first-order valence-corrected chi connectivity index (χ1v) is 7.73. The van der Waals surface area contributed by atoms with E-state index in [-0.39, 0.29) is 18.1 Å². The van der Waals surface area contributed by atoms with Gasteiger partial charge in [0.15, 0.2) is 0 Å². The van der Waals surface area contributed by atoms with Crippen LogP contribution in [0, 0.1) is 0 Å². The van der Waals surface area contributed by atoms with Crippen molar-refractivity contribution >= 4 is 44.8 Å². The summed E-state index contributed by atoms with van der Waals surface area (Å²) in [6.45, 7) is 3.21. The fraction of sp³-hybridized carbons (Fsp3) is 0.545. The zero-order valence-corrected chi connectivity index (χ0v) is 12.5. The van der Waals surface area contributed by atoms with Crippen LogP contribution in [0.5, 0.6) is 0 Å². The highest BCUT2D eigenvalue weighted by molar-refractivity contribution is 9.09. The lowest BCUT2D eigenvalue weighted by Crippen LogP contribution is -2.49. The summed E-state index contributed by atoms with van der Waals surface area (Å²) in [4.78, 5) is 14.7. The van der Waals surface area contributed by atoms with E-state index in [1.807, 2.05) is 17.2 Å². The largest absolute Gasteiger partial charge is 0.371 e. The predicted molar refractivity (Wildman–Crippen MR) is 73.4 cm³/mol. The quantitative estimate of drug-likeness (QED) is 0.776. The van der Waals surface area contributed by atoms with Crippen LogP contribution in [0.25, 0.3) is 0 Å². The normalized spacial score (nSPS) is 25.0. The van der Waals surface area contributed by atoms with Gasteiger partial charge >= 0.3 is 0 Å². The Bertz CT molecular complexity index is 412. The van der Waals surface area contributed by atoms with Gasteiger partial charge in [0.1, 0.15) is 4.88 Å². The Kier molecular flexibility index (Phi) is 4.47. The van der Waals surface area contributed by atoms with Gasteiger partial charge < -0.3 is 9.64 Å². The lowest BCUT2D eigenvalue weighted by Gasteiger charge is -2.36. The Morgan fingerprint density at radius 1 is 1.71 bits per heavy atom. The topological polar surface area (TPSA) is 29.5 Å². The first kappa shape index (κ1) is 13.3. The van der Waals surface area contributed by atoms with Crippen LogP contribution in [0.3, 0.4) is 0 Å². The maximum Gasteiger partial charge on any atom is 0.265 e. The third-order valence-corrected chi connectivity index (χ3v) is 4.65. The first-order valence-electron chi connectivity index (χ1n) is 5.35. The Hall–Kier alpha value is -0.100. The van der Waals surface area contributed by atoms with E-state index in [0.29, 0.717) is 23.0 Å². The predicted octanol–water partition coefficient (Wildman–Crippen LogP) is 3.03. The van der Waals surface area contributed by atoms with Gasteiger partial charge in [0.2, 0.25) is 0 Å². The minimum atomic E-state index is 0.00565. The minimum Gasteiger partial charge on any atom is -0.371 e. The molecule has 1 aliphatic heterocycles. The molecule has 1 saturated heterocycles. The highest BCUT2D eigenvalue weighted by Crippen LogP contribution is 2.25. The summed E-state index contributed by atoms with van der Waals surface area (Å²) in [6.07, 6.45) is 0.121. The molecule has 0 aromatic carbocycles. The highest BCUT2D eigenvalue weighted by Gasteiger charge is 2.29. The number of amides is 1. The Balaban J connectivity index is 2.11. The van der Waals surface area contributed by atoms with Gasteiger partial charge in [-0.25, -0.2) is 0 Å². The summed E-state index contributed by atoms with van der Waals surface area (Å²) in [5.41, 5.74) is 0. The number of hydrogen-bond donors (Lipinski definition) is 0. The van der Waals surface area contributed by atoms with Crippen molar-refractivity contribution in [3.63, 3.8) is 0 Å². The molecule has 17 heavy (non-hydrogen) atoms. The van der Waals surface area contributed by atoms with Gasteiger partial charge in [-0.3, -0.25) is 4.79 Å². The van der Waals surface area contributed by atoms with Crippen molar-refractivity contribution in [3.05, 3.63) is 21.3 Å². The van der Waals surface area contributed by atoms with Crippen molar-refractivity contribution in [1.29, 1.82) is 0 Å². The molecule has 94 valence electrons. The molecular weight excluding hydrogens is 326 g/mol. The van der Waals surface area contributed by atoms with E-state index in [0.717, 1.165) is 5.33 Å². The number of morpholine rings is 1. The van der Waals surface area contributed by atoms with E-state index < -0.39 is 0 Å². The molecule has 6 heteroatoms. The number of alkyl halides is 1. The molecule has 2 heterocycles. The number of nitrogens with zero attached hydrogens (tertiary/aromatic N) is 1. The lowest BCUT2D eigenvalue weighted by atomic mass is 10.2. The van der Waals surface area contributed by atoms with Crippen LogP contribution in [-0.2, 0) is 4.74 Å². The highest BCUT2D eigenvalue weighted by atomic mass is 79.9. The number of carbonyl (C=O) groups is 1. The molecular formula is C11H13BrClNO2S. The van der Waals surface area contributed by atoms with Crippen molar-refractivity contribution in [1.82, 2.24) is 4.90 Å². The third-order valence-electron chi connectivity index (χ3n) is 2.60. The van der Waals surface area contributed by atoms with Crippen LogP contribution >= 0.6 is 38.9 Å². The van der Waals surface area contributed by atoms with Crippen molar-refractivity contribution in [2.75, 3.05) is 18.4 Å². The molecule has 2 rings (SSSR count). The molecule has 1 aliphatic rings. The summed E-state index contributed by atoms with van der Waals surface area (Å²) in [5, 5.41) is 3.11. The van der Waals surface area contributed by atoms with Gasteiger partial charge in [0.25, 0.3) is 5.91 Å². The smallest absolute Gasteiger partial charge is 0.265 e. The summed E-state index contributed by atoms with van der Waals surface area (Å²) in [5.74, 6) is 0.00565. The van der Waals surface area contributed by atoms with Gasteiger partial charge in [-0.05, 0) is 18.4 Å². The fourth-order valence-electron chi connectivity index (χ4n) is 1.89. The van der Waals surface area contributed by atoms with Gasteiger partial charge in [-0.2, -0.15) is 0 Å². The molecule has 1 fully saturated rings. The molecule has 3 nitrogen and oxygen atoms in total. The second kappa shape index (κ2) is 5.69. The fourth-order valence-corrected chi connectivity index (χ4v) is 3.35. The number of ether oxygens (including phenoxy) is 1. The van der Waals surface area contributed by atoms with E-state index in [1.54, 1.807) is 6.07 Å². The first-order chi connectivity index (χ1) is 8.11. The molecule has 0 saturated carbocycles. The summed E-state index contributed by atoms with van der Waals surface area (Å²) >= 11 is 10.8. The van der Waals surface area contributed by atoms with Crippen molar-refractivity contribution in [2.24, 2.45) is 0 Å². The Morgan fingerprint density at radius 2 is 2.47 bits per heavy atom. The molecule has 0 radical (unpaired) electrons. The minimum absolute atomic E-state index is 0.00565. The van der Waals surface area contributed by atoms with E-state index in [4.69, 9.17) is 16.3 Å². The maximum absolute atomic E-state index is 12.3. The number of rotatable bonds is 2. The van der Waals surface area contributed by atoms with Crippen LogP contribution in [0.4, 0.5) is 0 Å². The molecule has 1 aromatic rings. The molecule has 1 amide bonds. The maximum atomic E-state index is 12.3. The van der Waals surface area contributed by atoms with Crippen LogP contribution < -0.4 is 0 Å². The van der Waals surface area contributed by atoms with Crippen LogP contribution in [0.2, 0.25) is 5.02 Å². The van der Waals surface area contributed by atoms with Crippen LogP contribution in [0.15, 0.2) is 11.4 Å². The molecule has 0 N–H and O–H groups in total. The van der Waals surface area contributed by atoms with Gasteiger partial charge in [0, 0.05) is 18.4 Å². The van der Waals surface area contributed by atoms with E-state index in [2.05, 4.69) is 15.9 Å². The average molecular weight is 339 g/mol. The Morgan fingerprint density at radius 3 is 3.06 bits per heavy atom. The van der Waals surface area contributed by atoms with Gasteiger partial charge in [-0.1, -0.05) is 27.5 Å². The summed E-state index contributed by atoms with van der Waals surface area (Å²) in [7, 11) is 0. The van der Waals surface area contributed by atoms with Crippen LogP contribution in [-0.4, -0.2) is 41.4 Å². The standard InChI is InChI=1S/C11H13BrClNO2S/c1-7-5-14(6-8(4-12)16-7)11(15)10-9(13)2-3-17-10/h2-3,7-8H,4-6H2,1H3. The molecule has 2 unspecified atom stereocenters. The second-order valence-electron chi connectivity index (χ2n) is 4.03. The molecule has 0 spiro atoms. The van der Waals surface area contributed by atoms with Crippen molar-refractivity contribution in [3.8, 4) is 0 Å². The second-order valence-corrected chi connectivity index (χ2v) is 6.00. The number of thiophene rings is 1. The molecule has 1 aromatic heterocycles. The van der Waals surface area contributed by atoms with E-state index in [9.17, 15) is 4.79 Å². The van der Waals surface area contributed by atoms with Gasteiger partial charge in [-0.15, -0.1) is 11.3 Å². The van der Waals surface area contributed by atoms with Crippen LogP contribution in [0.1, 0.15) is 16.6 Å². The molecule has 0 aliphatic carbocycles.